The van der Waals surface area contributed by atoms with E-state index in [-0.39, 0.29) is 35.4 Å². The van der Waals surface area contributed by atoms with E-state index >= 15 is 0 Å². The molecule has 1 fully saturated rings. The second-order valence-corrected chi connectivity index (χ2v) is 9.44. The van der Waals surface area contributed by atoms with Crippen molar-refractivity contribution in [3.05, 3.63) is 76.3 Å². The smallest absolute Gasteiger partial charge is 0.309 e. The number of likely N-dealkylation sites (tertiary alicyclic amines) is 1. The highest BCUT2D eigenvalue weighted by Crippen LogP contribution is 2.41. The van der Waals surface area contributed by atoms with Crippen LogP contribution in [0, 0.1) is 11.7 Å². The van der Waals surface area contributed by atoms with Gasteiger partial charge in [0.1, 0.15) is 10.8 Å². The molecule has 3 aromatic rings. The Bertz CT molecular complexity index is 1120. The molecule has 2 aromatic heterocycles. The first kappa shape index (κ1) is 24.2. The molecule has 0 saturated carbocycles. The van der Waals surface area contributed by atoms with Gasteiger partial charge in [-0.1, -0.05) is 19.1 Å². The lowest BCUT2D eigenvalue weighted by Gasteiger charge is -2.37. The summed E-state index contributed by atoms with van der Waals surface area (Å²) < 4.78 is 24.7. The number of rotatable bonds is 8. The molecule has 1 aromatic carbocycles. The summed E-state index contributed by atoms with van der Waals surface area (Å²) in [6.45, 7) is 5.57. The highest BCUT2D eigenvalue weighted by Gasteiger charge is 2.33. The zero-order chi connectivity index (χ0) is 24.1. The third-order valence-corrected chi connectivity index (χ3v) is 7.32. The quantitative estimate of drug-likeness (QED) is 0.418. The minimum Gasteiger partial charge on any atom is -0.466 e. The van der Waals surface area contributed by atoms with Gasteiger partial charge < -0.3 is 14.5 Å². The standard InChI is InChI=1S/C26H29FN2O4S/c1-3-20-16-21(25(34-20)28-24(30)22-9-6-14-33-22)23(18-7-5-8-19(27)15-18)29-12-10-17(11-13-29)26(31)32-4-2/h5-9,14-17,23H,3-4,10-13H2,1-2H3,(H,28,30). The summed E-state index contributed by atoms with van der Waals surface area (Å²) in [6.07, 6.45) is 3.62. The third kappa shape index (κ3) is 5.39. The van der Waals surface area contributed by atoms with E-state index in [0.29, 0.717) is 32.5 Å². The maximum Gasteiger partial charge on any atom is 0.309 e. The maximum absolute atomic E-state index is 14.3. The Hall–Kier alpha value is -2.97. The zero-order valence-corrected chi connectivity index (χ0v) is 20.2. The van der Waals surface area contributed by atoms with Crippen LogP contribution in [-0.2, 0) is 16.0 Å². The van der Waals surface area contributed by atoms with Crippen LogP contribution in [0.15, 0.2) is 53.1 Å². The molecule has 180 valence electrons. The number of aryl methyl sites for hydroxylation is 1. The first-order valence-corrected chi connectivity index (χ1v) is 12.4. The SMILES string of the molecule is CCOC(=O)C1CCN(C(c2cccc(F)c2)c2cc(CC)sc2NC(=O)c2ccco2)CC1. The van der Waals surface area contributed by atoms with Gasteiger partial charge >= 0.3 is 5.97 Å². The number of halogens is 1. The molecule has 1 aliphatic heterocycles. The van der Waals surface area contributed by atoms with E-state index in [2.05, 4.69) is 23.2 Å². The van der Waals surface area contributed by atoms with Crippen molar-refractivity contribution in [1.82, 2.24) is 4.90 Å². The van der Waals surface area contributed by atoms with Crippen LogP contribution in [-0.4, -0.2) is 36.5 Å². The maximum atomic E-state index is 14.3. The molecule has 1 atom stereocenters. The molecule has 1 N–H and O–H groups in total. The number of piperidine rings is 1. The van der Waals surface area contributed by atoms with Gasteiger partial charge in [-0.3, -0.25) is 14.5 Å². The summed E-state index contributed by atoms with van der Waals surface area (Å²) in [7, 11) is 0. The molecule has 4 rings (SSSR count). The van der Waals surface area contributed by atoms with Crippen LogP contribution in [0.3, 0.4) is 0 Å². The van der Waals surface area contributed by atoms with Gasteiger partial charge in [0.25, 0.3) is 5.91 Å². The first-order valence-electron chi connectivity index (χ1n) is 11.6. The molecule has 0 radical (unpaired) electrons. The summed E-state index contributed by atoms with van der Waals surface area (Å²) in [5.74, 6) is -0.684. The van der Waals surface area contributed by atoms with Gasteiger partial charge in [0.2, 0.25) is 0 Å². The van der Waals surface area contributed by atoms with Gasteiger partial charge in [-0.2, -0.15) is 0 Å². The van der Waals surface area contributed by atoms with Crippen molar-refractivity contribution >= 4 is 28.2 Å². The molecule has 6 nitrogen and oxygen atoms in total. The van der Waals surface area contributed by atoms with Gasteiger partial charge in [0, 0.05) is 10.4 Å². The molecule has 1 saturated heterocycles. The fourth-order valence-corrected chi connectivity index (χ4v) is 5.45. The highest BCUT2D eigenvalue weighted by atomic mass is 32.1. The summed E-state index contributed by atoms with van der Waals surface area (Å²) in [5.41, 5.74) is 1.73. The molecule has 3 heterocycles. The minimum atomic E-state index is -0.324. The van der Waals surface area contributed by atoms with E-state index in [4.69, 9.17) is 9.15 Å². The number of amides is 1. The Morgan fingerprint density at radius 2 is 2.00 bits per heavy atom. The first-order chi connectivity index (χ1) is 16.5. The molecular weight excluding hydrogens is 455 g/mol. The molecule has 0 aliphatic carbocycles. The van der Waals surface area contributed by atoms with Crippen molar-refractivity contribution < 1.29 is 23.1 Å². The number of thiophene rings is 1. The Balaban J connectivity index is 1.67. The van der Waals surface area contributed by atoms with E-state index in [1.54, 1.807) is 24.3 Å². The Kier molecular flexibility index (Phi) is 7.80. The number of hydrogen-bond donors (Lipinski definition) is 1. The van der Waals surface area contributed by atoms with E-state index < -0.39 is 0 Å². The number of carbonyl (C=O) groups is 2. The molecule has 0 bridgehead atoms. The van der Waals surface area contributed by atoms with E-state index in [9.17, 15) is 14.0 Å². The summed E-state index contributed by atoms with van der Waals surface area (Å²) in [6, 6.07) is 11.7. The molecule has 8 heteroatoms. The normalized spacial score (nSPS) is 15.7. The lowest BCUT2D eigenvalue weighted by Crippen LogP contribution is -2.39. The molecule has 1 aliphatic rings. The van der Waals surface area contributed by atoms with Gasteiger partial charge in [0.15, 0.2) is 5.76 Å². The van der Waals surface area contributed by atoms with Crippen LogP contribution < -0.4 is 5.32 Å². The van der Waals surface area contributed by atoms with Crippen molar-refractivity contribution in [1.29, 1.82) is 0 Å². The number of anilines is 1. The second-order valence-electron chi connectivity index (χ2n) is 8.30. The number of nitrogens with one attached hydrogen (secondary N) is 1. The van der Waals surface area contributed by atoms with Crippen LogP contribution >= 0.6 is 11.3 Å². The molecule has 0 spiro atoms. The number of hydrogen-bond acceptors (Lipinski definition) is 6. The van der Waals surface area contributed by atoms with Crippen molar-refractivity contribution in [2.24, 2.45) is 5.92 Å². The van der Waals surface area contributed by atoms with Gasteiger partial charge in [-0.15, -0.1) is 11.3 Å². The topological polar surface area (TPSA) is 71.8 Å². The average Bonchev–Trinajstić information content (AvgIpc) is 3.51. The third-order valence-electron chi connectivity index (χ3n) is 6.11. The van der Waals surface area contributed by atoms with Crippen molar-refractivity contribution in [2.45, 2.75) is 39.2 Å². The fourth-order valence-electron chi connectivity index (χ4n) is 4.42. The van der Waals surface area contributed by atoms with Crippen LogP contribution in [0.4, 0.5) is 9.39 Å². The fraction of sp³-hybridized carbons (Fsp3) is 0.385. The van der Waals surface area contributed by atoms with Crippen LogP contribution in [0.2, 0.25) is 0 Å². The van der Waals surface area contributed by atoms with E-state index in [1.165, 1.54) is 23.7 Å². The molecule has 1 amide bonds. The van der Waals surface area contributed by atoms with Gasteiger partial charge in [0.05, 0.1) is 24.8 Å². The monoisotopic (exact) mass is 484 g/mol. The van der Waals surface area contributed by atoms with Crippen LogP contribution in [0.1, 0.15) is 59.3 Å². The van der Waals surface area contributed by atoms with E-state index in [1.807, 2.05) is 13.0 Å². The number of carbonyl (C=O) groups excluding carboxylic acids is 2. The number of nitrogens with zero attached hydrogens (tertiary/aromatic N) is 1. The molecule has 34 heavy (non-hydrogen) atoms. The lowest BCUT2D eigenvalue weighted by atomic mass is 9.91. The van der Waals surface area contributed by atoms with Gasteiger partial charge in [-0.05, 0) is 75.2 Å². The lowest BCUT2D eigenvalue weighted by molar-refractivity contribution is -0.149. The zero-order valence-electron chi connectivity index (χ0n) is 19.4. The number of benzene rings is 1. The number of furan rings is 1. The van der Waals surface area contributed by atoms with Crippen molar-refractivity contribution in [2.75, 3.05) is 25.0 Å². The minimum absolute atomic E-state index is 0.129. The summed E-state index contributed by atoms with van der Waals surface area (Å²) in [4.78, 5) is 28.4. The summed E-state index contributed by atoms with van der Waals surface area (Å²) in [5, 5.41) is 3.73. The van der Waals surface area contributed by atoms with E-state index in [0.717, 1.165) is 27.4 Å². The summed E-state index contributed by atoms with van der Waals surface area (Å²) >= 11 is 1.52. The highest BCUT2D eigenvalue weighted by molar-refractivity contribution is 7.16. The molecular formula is C26H29FN2O4S. The van der Waals surface area contributed by atoms with Crippen LogP contribution in [0.25, 0.3) is 0 Å². The predicted molar refractivity (Wildman–Crippen MR) is 130 cm³/mol. The largest absolute Gasteiger partial charge is 0.466 e. The number of ether oxygens (including phenoxy) is 1. The predicted octanol–water partition coefficient (Wildman–Crippen LogP) is 5.66. The average molecular weight is 485 g/mol. The molecule has 1 unspecified atom stereocenters. The second kappa shape index (κ2) is 11.0. The van der Waals surface area contributed by atoms with Gasteiger partial charge in [-0.25, -0.2) is 4.39 Å². The Morgan fingerprint density at radius 3 is 2.65 bits per heavy atom. The van der Waals surface area contributed by atoms with Crippen molar-refractivity contribution in [3.8, 4) is 0 Å². The van der Waals surface area contributed by atoms with Crippen molar-refractivity contribution in [3.63, 3.8) is 0 Å². The number of esters is 1. The Labute approximate surface area is 202 Å². The Morgan fingerprint density at radius 1 is 1.21 bits per heavy atom. The van der Waals surface area contributed by atoms with Crippen LogP contribution in [0.5, 0.6) is 0 Å².